The summed E-state index contributed by atoms with van der Waals surface area (Å²) >= 11 is 7.89. The van der Waals surface area contributed by atoms with Crippen LogP contribution in [0, 0.1) is 11.7 Å². The summed E-state index contributed by atoms with van der Waals surface area (Å²) in [5, 5.41) is 9.84. The molecule has 1 aromatic carbocycles. The van der Waals surface area contributed by atoms with Gasteiger partial charge in [0, 0.05) is 78.3 Å². The smallest absolute Gasteiger partial charge is 0.330 e. The van der Waals surface area contributed by atoms with Crippen molar-refractivity contribution < 1.29 is 26.4 Å². The van der Waals surface area contributed by atoms with Crippen molar-refractivity contribution in [1.82, 2.24) is 39.5 Å². The molecule has 50 heavy (non-hydrogen) atoms. The average molecular weight is 752 g/mol. The molecular formula is C32H37ClF3N9O3S2. The molecule has 0 bridgehead atoms. The van der Waals surface area contributed by atoms with Crippen LogP contribution in [-0.2, 0) is 14.8 Å². The lowest BCUT2D eigenvalue weighted by Crippen LogP contribution is -2.51. The van der Waals surface area contributed by atoms with Crippen molar-refractivity contribution in [3.8, 4) is 0 Å². The number of carbonyl (C=O) groups is 1. The molecule has 1 unspecified atom stereocenters. The Balaban J connectivity index is 1.13. The molecule has 0 spiro atoms. The Kier molecular flexibility index (Phi) is 10.3. The number of thiazole rings is 1. The normalized spacial score (nSPS) is 23.5. The molecule has 3 saturated heterocycles. The Morgan fingerprint density at radius 1 is 1.18 bits per heavy atom. The van der Waals surface area contributed by atoms with Crippen molar-refractivity contribution in [2.24, 2.45) is 10.9 Å². The number of carbonyl (C=O) groups excluding carboxylic acids is 1. The molecule has 1 amide bonds. The summed E-state index contributed by atoms with van der Waals surface area (Å²) in [5.74, 6) is -0.271. The van der Waals surface area contributed by atoms with E-state index in [0.717, 1.165) is 38.9 Å². The van der Waals surface area contributed by atoms with Gasteiger partial charge in [-0.2, -0.15) is 13.9 Å². The molecule has 4 aliphatic rings. The number of hydrogen-bond acceptors (Lipinski definition) is 10. The first-order chi connectivity index (χ1) is 24.1. The highest BCUT2D eigenvalue weighted by molar-refractivity contribution is 7.89. The fourth-order valence-corrected chi connectivity index (χ4v) is 9.38. The Morgan fingerprint density at radius 2 is 2.04 bits per heavy atom. The number of likely N-dealkylation sites (tertiary alicyclic amines) is 1. The van der Waals surface area contributed by atoms with Gasteiger partial charge >= 0.3 is 6.55 Å². The van der Waals surface area contributed by atoms with Crippen molar-refractivity contribution in [3.63, 3.8) is 0 Å². The van der Waals surface area contributed by atoms with Gasteiger partial charge in [-0.3, -0.25) is 15.1 Å². The maximum atomic E-state index is 14.1. The molecule has 0 radical (unpaired) electrons. The number of aliphatic imine (C=N–C) groups is 1. The van der Waals surface area contributed by atoms with Gasteiger partial charge in [0.1, 0.15) is 11.9 Å². The van der Waals surface area contributed by atoms with E-state index in [1.807, 2.05) is 14.7 Å². The van der Waals surface area contributed by atoms with Gasteiger partial charge in [0.15, 0.2) is 10.8 Å². The van der Waals surface area contributed by atoms with E-state index in [4.69, 9.17) is 16.6 Å². The van der Waals surface area contributed by atoms with E-state index in [1.165, 1.54) is 41.8 Å². The van der Waals surface area contributed by atoms with Crippen molar-refractivity contribution in [3.05, 3.63) is 74.8 Å². The average Bonchev–Trinajstić information content (AvgIpc) is 3.89. The van der Waals surface area contributed by atoms with Crippen LogP contribution in [0.4, 0.5) is 13.2 Å². The minimum atomic E-state index is -3.78. The molecule has 2 aromatic heterocycles. The summed E-state index contributed by atoms with van der Waals surface area (Å²) in [6.45, 7) is 1.03. The fraction of sp³-hybridized carbons (Fsp3) is 0.500. The Bertz CT molecular complexity index is 1880. The van der Waals surface area contributed by atoms with E-state index in [2.05, 4.69) is 20.1 Å². The monoisotopic (exact) mass is 751 g/mol. The van der Waals surface area contributed by atoms with Crippen molar-refractivity contribution in [1.29, 1.82) is 0 Å². The number of halogens is 4. The van der Waals surface area contributed by atoms with Gasteiger partial charge < -0.3 is 14.7 Å². The lowest BCUT2D eigenvalue weighted by atomic mass is 9.92. The molecule has 3 fully saturated rings. The largest absolute Gasteiger partial charge is 0.333 e. The Labute approximate surface area is 297 Å². The molecule has 18 heteroatoms. The highest BCUT2D eigenvalue weighted by Crippen LogP contribution is 2.46. The van der Waals surface area contributed by atoms with Crippen LogP contribution >= 0.6 is 22.9 Å². The van der Waals surface area contributed by atoms with Gasteiger partial charge in [0.25, 0.3) is 0 Å². The highest BCUT2D eigenvalue weighted by Gasteiger charge is 2.42. The number of rotatable bonds is 10. The van der Waals surface area contributed by atoms with Gasteiger partial charge in [-0.25, -0.2) is 27.2 Å². The molecule has 3 aromatic rings. The highest BCUT2D eigenvalue weighted by atomic mass is 35.5. The Morgan fingerprint density at radius 3 is 2.76 bits per heavy atom. The fourth-order valence-electron chi connectivity index (χ4n) is 7.19. The predicted molar refractivity (Wildman–Crippen MR) is 184 cm³/mol. The van der Waals surface area contributed by atoms with Gasteiger partial charge in [-0.1, -0.05) is 17.7 Å². The number of piperidine rings is 1. The van der Waals surface area contributed by atoms with E-state index in [9.17, 15) is 26.4 Å². The topological polar surface area (TPSA) is 128 Å². The zero-order chi connectivity index (χ0) is 35.0. The number of amides is 1. The molecule has 0 aliphatic carbocycles. The van der Waals surface area contributed by atoms with Crippen molar-refractivity contribution in [2.75, 3.05) is 51.7 Å². The first-order valence-electron chi connectivity index (χ1n) is 16.5. The number of benzene rings is 1. The number of fused-ring (bicyclic) bond motifs is 1. The third kappa shape index (κ3) is 7.48. The van der Waals surface area contributed by atoms with E-state index in [0.29, 0.717) is 45.6 Å². The Hall–Kier alpha value is -3.35. The summed E-state index contributed by atoms with van der Waals surface area (Å²) in [4.78, 5) is 28.3. The van der Waals surface area contributed by atoms with E-state index in [1.54, 1.807) is 11.6 Å². The number of nitrogens with zero attached hydrogens (tertiary/aromatic N) is 7. The first kappa shape index (κ1) is 35.1. The third-order valence-electron chi connectivity index (χ3n) is 9.50. The second kappa shape index (κ2) is 14.7. The molecule has 268 valence electrons. The van der Waals surface area contributed by atoms with Crippen LogP contribution in [0.25, 0.3) is 5.57 Å². The molecular weight excluding hydrogens is 715 g/mol. The number of alkyl halides is 2. The van der Waals surface area contributed by atoms with Gasteiger partial charge in [-0.05, 0) is 50.6 Å². The number of sulfonamides is 1. The third-order valence-corrected chi connectivity index (χ3v) is 12.0. The van der Waals surface area contributed by atoms with Crippen LogP contribution in [0.2, 0.25) is 5.02 Å². The van der Waals surface area contributed by atoms with Crippen molar-refractivity contribution >= 4 is 50.3 Å². The van der Waals surface area contributed by atoms with Crippen LogP contribution in [0.15, 0.2) is 52.7 Å². The zero-order valence-corrected chi connectivity index (χ0v) is 29.4. The minimum absolute atomic E-state index is 0.0987. The molecule has 4 aliphatic heterocycles. The molecule has 3 atom stereocenters. The lowest BCUT2D eigenvalue weighted by molar-refractivity contribution is -0.138. The van der Waals surface area contributed by atoms with E-state index < -0.39 is 34.5 Å². The summed E-state index contributed by atoms with van der Waals surface area (Å²) in [7, 11) is -3.78. The maximum absolute atomic E-state index is 14.1. The quantitative estimate of drug-likeness (QED) is 0.319. The molecule has 7 rings (SSSR count). The zero-order valence-electron chi connectivity index (χ0n) is 27.0. The second-order valence-corrected chi connectivity index (χ2v) is 16.1. The maximum Gasteiger partial charge on any atom is 0.333 e. The standard InChI is InChI=1S/C32H37ClF3N9O3S2/c33-24-15-21(34)4-5-23(24)28-27(25-6-11-45(40-25)32(35)36)26-16-22(18-44(26)29(39-28)30-38-8-13-49-30)41-50(47,48)14-12-42-9-1-3-20(17-42)31(46)43-10-2-7-37-19-43/h4-6,8,11,13,15,20,22,28,32,37,41H,1-3,7,9-10,12,14,16-19H2/t20?,22-,28-/m0/s1. The minimum Gasteiger partial charge on any atom is -0.330 e. The lowest BCUT2D eigenvalue weighted by Gasteiger charge is -2.36. The van der Waals surface area contributed by atoms with Crippen LogP contribution in [0.1, 0.15) is 54.5 Å². The summed E-state index contributed by atoms with van der Waals surface area (Å²) in [6.07, 6.45) is 5.52. The summed E-state index contributed by atoms with van der Waals surface area (Å²) < 4.78 is 72.0. The van der Waals surface area contributed by atoms with Crippen LogP contribution in [0.5, 0.6) is 0 Å². The van der Waals surface area contributed by atoms with Crippen molar-refractivity contribution in [2.45, 2.75) is 44.3 Å². The van der Waals surface area contributed by atoms with Gasteiger partial charge in [0.2, 0.25) is 15.9 Å². The van der Waals surface area contributed by atoms with Crippen LogP contribution < -0.4 is 10.0 Å². The predicted octanol–water partition coefficient (Wildman–Crippen LogP) is 3.93. The van der Waals surface area contributed by atoms with E-state index in [-0.39, 0.29) is 47.8 Å². The molecule has 0 saturated carbocycles. The molecule has 12 nitrogen and oxygen atoms in total. The number of amidine groups is 1. The van der Waals surface area contributed by atoms with Gasteiger partial charge in [-0.15, -0.1) is 11.3 Å². The van der Waals surface area contributed by atoms with Crippen LogP contribution in [0.3, 0.4) is 0 Å². The molecule has 6 heterocycles. The number of aromatic nitrogens is 3. The number of hydrogen-bond donors (Lipinski definition) is 2. The number of nitrogens with one attached hydrogen (secondary N) is 2. The first-order valence-corrected chi connectivity index (χ1v) is 19.5. The molecule has 2 N–H and O–H groups in total. The van der Waals surface area contributed by atoms with Gasteiger partial charge in [0.05, 0.1) is 24.0 Å². The summed E-state index contributed by atoms with van der Waals surface area (Å²) in [5.41, 5.74) is 1.76. The van der Waals surface area contributed by atoms with Crippen LogP contribution in [-0.4, -0.2) is 107 Å². The summed E-state index contributed by atoms with van der Waals surface area (Å²) in [6, 6.07) is 3.93. The van der Waals surface area contributed by atoms with E-state index >= 15 is 0 Å². The second-order valence-electron chi connectivity index (χ2n) is 12.9. The SMILES string of the molecule is O=C(C1CCCN(CCS(=O)(=O)N[C@H]2CC3=C(c4ccn(C(F)F)n4)[C@H](c4ccc(F)cc4Cl)N=C(c4nccs4)N3C2)C1)N1CCCNC1.